The zero-order chi connectivity index (χ0) is 14.2. The van der Waals surface area contributed by atoms with Crippen LogP contribution in [0.4, 0.5) is 5.69 Å². The van der Waals surface area contributed by atoms with Crippen LogP contribution in [0.15, 0.2) is 24.3 Å². The van der Waals surface area contributed by atoms with Crippen LogP contribution in [0.25, 0.3) is 0 Å². The van der Waals surface area contributed by atoms with Crippen LogP contribution in [-0.2, 0) is 6.42 Å². The molecule has 0 aliphatic carbocycles. The standard InChI is InChI=1S/C18H27N3/c1-20-15-8-9-17(20)13-21(11-10-15)16-7-6-14-4-2-3-5-18(14)19-12-16/h2-5,15-17,19H,6-13H2,1H3. The summed E-state index contributed by atoms with van der Waals surface area (Å²) in [7, 11) is 2.34. The van der Waals surface area contributed by atoms with Crippen molar-refractivity contribution in [1.29, 1.82) is 0 Å². The Labute approximate surface area is 128 Å². The van der Waals surface area contributed by atoms with E-state index in [1.165, 1.54) is 56.4 Å². The second-order valence-corrected chi connectivity index (χ2v) is 7.06. The first kappa shape index (κ1) is 13.6. The molecule has 0 saturated carbocycles. The number of para-hydroxylation sites is 1. The fourth-order valence-corrected chi connectivity index (χ4v) is 4.54. The maximum absolute atomic E-state index is 3.69. The van der Waals surface area contributed by atoms with Crippen LogP contribution in [-0.4, -0.2) is 54.6 Å². The third-order valence-electron chi connectivity index (χ3n) is 5.99. The fourth-order valence-electron chi connectivity index (χ4n) is 4.54. The van der Waals surface area contributed by atoms with Gasteiger partial charge in [-0.05, 0) is 50.8 Å². The number of hydrogen-bond donors (Lipinski definition) is 1. The molecule has 3 atom stereocenters. The second kappa shape index (κ2) is 5.62. The first-order chi connectivity index (χ1) is 10.3. The van der Waals surface area contributed by atoms with Crippen molar-refractivity contribution >= 4 is 5.69 Å². The Kier molecular flexibility index (Phi) is 3.64. The number of nitrogens with zero attached hydrogens (tertiary/aromatic N) is 2. The van der Waals surface area contributed by atoms with Gasteiger partial charge in [0.2, 0.25) is 0 Å². The van der Waals surface area contributed by atoms with Gasteiger partial charge in [0.05, 0.1) is 0 Å². The van der Waals surface area contributed by atoms with Crippen LogP contribution in [0.5, 0.6) is 0 Å². The maximum Gasteiger partial charge on any atom is 0.0373 e. The van der Waals surface area contributed by atoms with Gasteiger partial charge >= 0.3 is 0 Å². The average molecular weight is 285 g/mol. The van der Waals surface area contributed by atoms with Gasteiger partial charge in [0.1, 0.15) is 0 Å². The topological polar surface area (TPSA) is 18.5 Å². The number of likely N-dealkylation sites (N-methyl/N-ethyl adjacent to an activating group) is 1. The maximum atomic E-state index is 3.69. The highest BCUT2D eigenvalue weighted by Gasteiger charge is 2.36. The molecule has 1 N–H and O–H groups in total. The van der Waals surface area contributed by atoms with Crippen molar-refractivity contribution < 1.29 is 0 Å². The van der Waals surface area contributed by atoms with Crippen molar-refractivity contribution in [2.45, 2.75) is 50.2 Å². The molecule has 3 aliphatic rings. The molecule has 3 heterocycles. The molecule has 4 rings (SSSR count). The van der Waals surface area contributed by atoms with E-state index in [1.807, 2.05) is 0 Å². The van der Waals surface area contributed by atoms with E-state index in [9.17, 15) is 0 Å². The molecule has 21 heavy (non-hydrogen) atoms. The van der Waals surface area contributed by atoms with E-state index in [1.54, 1.807) is 0 Å². The van der Waals surface area contributed by atoms with Crippen molar-refractivity contribution in [1.82, 2.24) is 9.80 Å². The Bertz CT molecular complexity index is 474. The zero-order valence-corrected chi connectivity index (χ0v) is 13.1. The van der Waals surface area contributed by atoms with Gasteiger partial charge in [0, 0.05) is 43.4 Å². The molecule has 3 nitrogen and oxygen atoms in total. The third kappa shape index (κ3) is 2.58. The van der Waals surface area contributed by atoms with Crippen molar-refractivity contribution in [2.24, 2.45) is 0 Å². The summed E-state index contributed by atoms with van der Waals surface area (Å²) in [4.78, 5) is 5.43. The summed E-state index contributed by atoms with van der Waals surface area (Å²) in [6, 6.07) is 11.2. The van der Waals surface area contributed by atoms with E-state index in [2.05, 4.69) is 46.4 Å². The lowest BCUT2D eigenvalue weighted by atomic mass is 10.0. The minimum Gasteiger partial charge on any atom is -0.383 e. The van der Waals surface area contributed by atoms with Gasteiger partial charge in [-0.25, -0.2) is 0 Å². The van der Waals surface area contributed by atoms with E-state index in [-0.39, 0.29) is 0 Å². The van der Waals surface area contributed by atoms with Crippen molar-refractivity contribution in [3.63, 3.8) is 0 Å². The number of aryl methyl sites for hydroxylation is 1. The Morgan fingerprint density at radius 2 is 1.86 bits per heavy atom. The summed E-state index contributed by atoms with van der Waals surface area (Å²) in [5.74, 6) is 0. The van der Waals surface area contributed by atoms with Gasteiger partial charge in [-0.2, -0.15) is 0 Å². The predicted molar refractivity (Wildman–Crippen MR) is 87.8 cm³/mol. The van der Waals surface area contributed by atoms with Crippen LogP contribution < -0.4 is 5.32 Å². The molecule has 114 valence electrons. The number of likely N-dealkylation sites (tertiary alicyclic amines) is 1. The zero-order valence-electron chi connectivity index (χ0n) is 13.1. The fraction of sp³-hybridized carbons (Fsp3) is 0.667. The molecular formula is C18H27N3. The Morgan fingerprint density at radius 3 is 2.81 bits per heavy atom. The highest BCUT2D eigenvalue weighted by atomic mass is 15.3. The Balaban J connectivity index is 1.46. The lowest BCUT2D eigenvalue weighted by molar-refractivity contribution is 0.171. The SMILES string of the molecule is CN1C2CCC1CN(C1CCc3ccccc3NC1)CC2. The molecule has 3 aliphatic heterocycles. The minimum atomic E-state index is 0.699. The van der Waals surface area contributed by atoms with E-state index >= 15 is 0 Å². The largest absolute Gasteiger partial charge is 0.383 e. The van der Waals surface area contributed by atoms with Crippen LogP contribution in [0, 0.1) is 0 Å². The van der Waals surface area contributed by atoms with Gasteiger partial charge < -0.3 is 5.32 Å². The average Bonchev–Trinajstić information content (AvgIpc) is 2.66. The van der Waals surface area contributed by atoms with Crippen LogP contribution in [0.2, 0.25) is 0 Å². The van der Waals surface area contributed by atoms with Crippen LogP contribution >= 0.6 is 0 Å². The summed E-state index contributed by atoms with van der Waals surface area (Å²) in [6.07, 6.45) is 6.69. The normalized spacial score (nSPS) is 33.9. The molecule has 1 aromatic carbocycles. The smallest absolute Gasteiger partial charge is 0.0373 e. The number of benzene rings is 1. The van der Waals surface area contributed by atoms with Gasteiger partial charge in [0.15, 0.2) is 0 Å². The number of nitrogens with one attached hydrogen (secondary N) is 1. The predicted octanol–water partition coefficient (Wildman–Crippen LogP) is 2.58. The van der Waals surface area contributed by atoms with Crippen LogP contribution in [0.1, 0.15) is 31.2 Å². The van der Waals surface area contributed by atoms with E-state index in [0.717, 1.165) is 18.6 Å². The monoisotopic (exact) mass is 285 g/mol. The lowest BCUT2D eigenvalue weighted by Gasteiger charge is -2.32. The van der Waals surface area contributed by atoms with Crippen molar-refractivity contribution in [3.05, 3.63) is 29.8 Å². The van der Waals surface area contributed by atoms with Crippen molar-refractivity contribution in [2.75, 3.05) is 32.0 Å². The number of rotatable bonds is 1. The summed E-state index contributed by atoms with van der Waals surface area (Å²) in [6.45, 7) is 3.67. The molecule has 2 saturated heterocycles. The van der Waals surface area contributed by atoms with Gasteiger partial charge in [-0.15, -0.1) is 0 Å². The quantitative estimate of drug-likeness (QED) is 0.855. The third-order valence-corrected chi connectivity index (χ3v) is 5.99. The molecule has 1 aromatic rings. The Morgan fingerprint density at radius 1 is 1.00 bits per heavy atom. The summed E-state index contributed by atoms with van der Waals surface area (Å²) in [5, 5.41) is 3.69. The van der Waals surface area contributed by atoms with E-state index in [4.69, 9.17) is 0 Å². The minimum absolute atomic E-state index is 0.699. The molecule has 2 fully saturated rings. The van der Waals surface area contributed by atoms with Gasteiger partial charge in [-0.1, -0.05) is 18.2 Å². The van der Waals surface area contributed by atoms with Gasteiger partial charge in [-0.3, -0.25) is 9.80 Å². The highest BCUT2D eigenvalue weighted by molar-refractivity contribution is 5.52. The molecular weight excluding hydrogens is 258 g/mol. The summed E-state index contributed by atoms with van der Waals surface area (Å²) >= 11 is 0. The highest BCUT2D eigenvalue weighted by Crippen LogP contribution is 2.31. The van der Waals surface area contributed by atoms with Crippen molar-refractivity contribution in [3.8, 4) is 0 Å². The molecule has 0 aromatic heterocycles. The number of hydrogen-bond acceptors (Lipinski definition) is 3. The molecule has 0 amide bonds. The number of anilines is 1. The Hall–Kier alpha value is -1.06. The molecule has 3 heteroatoms. The molecule has 0 radical (unpaired) electrons. The lowest BCUT2D eigenvalue weighted by Crippen LogP contribution is -2.44. The van der Waals surface area contributed by atoms with E-state index < -0.39 is 0 Å². The summed E-state index contributed by atoms with van der Waals surface area (Å²) in [5.41, 5.74) is 2.85. The number of fused-ring (bicyclic) bond motifs is 3. The molecule has 2 bridgehead atoms. The summed E-state index contributed by atoms with van der Waals surface area (Å²) < 4.78 is 0. The molecule has 3 unspecified atom stereocenters. The first-order valence-corrected chi connectivity index (χ1v) is 8.59. The second-order valence-electron chi connectivity index (χ2n) is 7.06. The van der Waals surface area contributed by atoms with Crippen LogP contribution in [0.3, 0.4) is 0 Å². The first-order valence-electron chi connectivity index (χ1n) is 8.59. The van der Waals surface area contributed by atoms with E-state index in [0.29, 0.717) is 6.04 Å². The molecule has 0 spiro atoms. The van der Waals surface area contributed by atoms with Gasteiger partial charge in [0.25, 0.3) is 0 Å².